The second kappa shape index (κ2) is 4.09. The summed E-state index contributed by atoms with van der Waals surface area (Å²) in [6.45, 7) is 1.91. The van der Waals surface area contributed by atoms with Crippen molar-refractivity contribution >= 4 is 28.4 Å². The molecule has 4 nitrogen and oxygen atoms in total. The molecule has 0 aliphatic rings. The summed E-state index contributed by atoms with van der Waals surface area (Å²) in [7, 11) is 0. The van der Waals surface area contributed by atoms with E-state index in [0.29, 0.717) is 11.6 Å². The Kier molecular flexibility index (Phi) is 2.81. The normalized spacial score (nSPS) is 10.3. The number of hydrogen-bond donors (Lipinski definition) is 1. The fourth-order valence-electron chi connectivity index (χ4n) is 1.19. The minimum atomic E-state index is 0.503. The molecule has 0 saturated heterocycles. The number of nitrogens with zero attached hydrogens (tertiary/aromatic N) is 3. The van der Waals surface area contributed by atoms with Crippen LogP contribution >= 0.6 is 22.6 Å². The van der Waals surface area contributed by atoms with Gasteiger partial charge in [0.2, 0.25) is 0 Å². The topological polar surface area (TPSA) is 64.7 Å². The van der Waals surface area contributed by atoms with Gasteiger partial charge in [-0.1, -0.05) is 6.07 Å². The molecule has 0 unspecified atom stereocenters. The van der Waals surface area contributed by atoms with E-state index in [-0.39, 0.29) is 0 Å². The van der Waals surface area contributed by atoms with Crippen LogP contribution in [0, 0.1) is 10.5 Å². The van der Waals surface area contributed by atoms with E-state index >= 15 is 0 Å². The van der Waals surface area contributed by atoms with Crippen molar-refractivity contribution in [3.8, 4) is 11.5 Å². The van der Waals surface area contributed by atoms with Crippen LogP contribution in [0.4, 0.5) is 5.82 Å². The van der Waals surface area contributed by atoms with Crippen molar-refractivity contribution in [3.05, 3.63) is 33.7 Å². The lowest BCUT2D eigenvalue weighted by Gasteiger charge is -2.04. The molecule has 0 spiro atoms. The van der Waals surface area contributed by atoms with Crippen molar-refractivity contribution in [2.24, 2.45) is 0 Å². The first-order chi connectivity index (χ1) is 7.18. The fraction of sp³-hybridized carbons (Fsp3) is 0.100. The summed E-state index contributed by atoms with van der Waals surface area (Å²) < 4.78 is 0.896. The van der Waals surface area contributed by atoms with Crippen molar-refractivity contribution in [3.63, 3.8) is 0 Å². The average Bonchev–Trinajstić information content (AvgIpc) is 2.26. The van der Waals surface area contributed by atoms with Crippen LogP contribution in [0.3, 0.4) is 0 Å². The highest BCUT2D eigenvalue weighted by molar-refractivity contribution is 14.1. The van der Waals surface area contributed by atoms with Gasteiger partial charge < -0.3 is 5.73 Å². The standard InChI is InChI=1S/C10H9IN4/c1-6-8(11)9(12)15-10(14-6)7-4-2-3-5-13-7/h2-5H,1H3,(H2,12,14,15). The number of hydrogen-bond acceptors (Lipinski definition) is 4. The zero-order chi connectivity index (χ0) is 10.8. The lowest BCUT2D eigenvalue weighted by atomic mass is 10.3. The average molecular weight is 312 g/mol. The predicted molar refractivity (Wildman–Crippen MR) is 67.1 cm³/mol. The minimum Gasteiger partial charge on any atom is -0.383 e. The highest BCUT2D eigenvalue weighted by atomic mass is 127. The Labute approximate surface area is 101 Å². The summed E-state index contributed by atoms with van der Waals surface area (Å²) in [5, 5.41) is 0. The quantitative estimate of drug-likeness (QED) is 0.818. The minimum absolute atomic E-state index is 0.503. The maximum atomic E-state index is 5.77. The van der Waals surface area contributed by atoms with Crippen LogP contribution in [0.2, 0.25) is 0 Å². The molecule has 0 saturated carbocycles. The molecule has 0 aliphatic heterocycles. The monoisotopic (exact) mass is 312 g/mol. The molecule has 0 bridgehead atoms. The SMILES string of the molecule is Cc1nc(-c2ccccn2)nc(N)c1I. The van der Waals surface area contributed by atoms with E-state index in [9.17, 15) is 0 Å². The maximum Gasteiger partial charge on any atom is 0.180 e. The van der Waals surface area contributed by atoms with Crippen LogP contribution in [0.1, 0.15) is 5.69 Å². The number of halogens is 1. The molecule has 2 heterocycles. The third-order valence-corrected chi connectivity index (χ3v) is 3.27. The van der Waals surface area contributed by atoms with Gasteiger partial charge in [-0.3, -0.25) is 4.98 Å². The molecule has 15 heavy (non-hydrogen) atoms. The lowest BCUT2D eigenvalue weighted by Crippen LogP contribution is -2.02. The molecule has 0 amide bonds. The number of nitrogens with two attached hydrogens (primary N) is 1. The molecule has 0 radical (unpaired) electrons. The second-order valence-corrected chi connectivity index (χ2v) is 4.13. The molecular weight excluding hydrogens is 303 g/mol. The summed E-state index contributed by atoms with van der Waals surface area (Å²) in [4.78, 5) is 12.7. The van der Waals surface area contributed by atoms with Gasteiger partial charge in [0.05, 0.1) is 9.26 Å². The van der Waals surface area contributed by atoms with Gasteiger partial charge in [0.25, 0.3) is 0 Å². The van der Waals surface area contributed by atoms with E-state index in [4.69, 9.17) is 5.73 Å². The largest absolute Gasteiger partial charge is 0.383 e. The summed E-state index contributed by atoms with van der Waals surface area (Å²) >= 11 is 2.13. The Morgan fingerprint density at radius 3 is 2.67 bits per heavy atom. The summed E-state index contributed by atoms with van der Waals surface area (Å²) in [6, 6.07) is 5.61. The zero-order valence-electron chi connectivity index (χ0n) is 8.11. The van der Waals surface area contributed by atoms with Gasteiger partial charge in [-0.2, -0.15) is 0 Å². The van der Waals surface area contributed by atoms with E-state index in [1.165, 1.54) is 0 Å². The molecule has 5 heteroatoms. The number of pyridine rings is 1. The molecule has 76 valence electrons. The zero-order valence-corrected chi connectivity index (χ0v) is 10.3. The van der Waals surface area contributed by atoms with E-state index in [1.54, 1.807) is 6.20 Å². The first kappa shape index (κ1) is 10.3. The van der Waals surface area contributed by atoms with Gasteiger partial charge in [0, 0.05) is 6.20 Å². The van der Waals surface area contributed by atoms with Crippen LogP contribution in [-0.2, 0) is 0 Å². The third kappa shape index (κ3) is 2.06. The first-order valence-electron chi connectivity index (χ1n) is 4.39. The number of aryl methyl sites for hydroxylation is 1. The summed E-state index contributed by atoms with van der Waals surface area (Å²) in [6.07, 6.45) is 1.71. The Morgan fingerprint density at radius 2 is 2.07 bits per heavy atom. The van der Waals surface area contributed by atoms with Crippen LogP contribution in [0.25, 0.3) is 11.5 Å². The lowest BCUT2D eigenvalue weighted by molar-refractivity contribution is 1.08. The van der Waals surface area contributed by atoms with Crippen LogP contribution in [-0.4, -0.2) is 15.0 Å². The van der Waals surface area contributed by atoms with Gasteiger partial charge in [-0.25, -0.2) is 9.97 Å². The Balaban J connectivity index is 2.56. The molecule has 2 rings (SSSR count). The second-order valence-electron chi connectivity index (χ2n) is 3.05. The van der Waals surface area contributed by atoms with E-state index in [2.05, 4.69) is 37.5 Å². The van der Waals surface area contributed by atoms with Crippen molar-refractivity contribution in [1.29, 1.82) is 0 Å². The highest BCUT2D eigenvalue weighted by Gasteiger charge is 2.08. The van der Waals surface area contributed by atoms with Crippen LogP contribution < -0.4 is 5.73 Å². The van der Waals surface area contributed by atoms with Crippen molar-refractivity contribution in [2.45, 2.75) is 6.92 Å². The molecular formula is C10H9IN4. The van der Waals surface area contributed by atoms with Gasteiger partial charge in [0.1, 0.15) is 11.5 Å². The van der Waals surface area contributed by atoms with Gasteiger partial charge in [-0.15, -0.1) is 0 Å². The maximum absolute atomic E-state index is 5.77. The van der Waals surface area contributed by atoms with E-state index in [1.807, 2.05) is 25.1 Å². The summed E-state index contributed by atoms with van der Waals surface area (Å²) in [5.41, 5.74) is 7.39. The Hall–Kier alpha value is -1.24. The smallest absolute Gasteiger partial charge is 0.180 e. The molecule has 0 aromatic carbocycles. The Bertz CT molecular complexity index is 461. The van der Waals surface area contributed by atoms with Crippen molar-refractivity contribution < 1.29 is 0 Å². The van der Waals surface area contributed by atoms with E-state index < -0.39 is 0 Å². The van der Waals surface area contributed by atoms with Gasteiger partial charge >= 0.3 is 0 Å². The third-order valence-electron chi connectivity index (χ3n) is 1.94. The number of aromatic nitrogens is 3. The molecule has 2 aromatic rings. The molecule has 0 atom stereocenters. The van der Waals surface area contributed by atoms with Crippen molar-refractivity contribution in [2.75, 3.05) is 5.73 Å². The number of anilines is 1. The molecule has 2 aromatic heterocycles. The Morgan fingerprint density at radius 1 is 1.27 bits per heavy atom. The van der Waals surface area contributed by atoms with E-state index in [0.717, 1.165) is 15.0 Å². The fourth-order valence-corrected chi connectivity index (χ4v) is 1.43. The van der Waals surface area contributed by atoms with Gasteiger partial charge in [0.15, 0.2) is 5.82 Å². The highest BCUT2D eigenvalue weighted by Crippen LogP contribution is 2.19. The first-order valence-corrected chi connectivity index (χ1v) is 5.47. The number of nitrogen functional groups attached to an aromatic ring is 1. The predicted octanol–water partition coefficient (Wildman–Crippen LogP) is 2.03. The molecule has 2 N–H and O–H groups in total. The summed E-state index contributed by atoms with van der Waals surface area (Å²) in [5.74, 6) is 1.08. The number of rotatable bonds is 1. The van der Waals surface area contributed by atoms with Crippen LogP contribution in [0.5, 0.6) is 0 Å². The molecule has 0 aliphatic carbocycles. The van der Waals surface area contributed by atoms with Crippen molar-refractivity contribution in [1.82, 2.24) is 15.0 Å². The van der Waals surface area contributed by atoms with Crippen LogP contribution in [0.15, 0.2) is 24.4 Å². The van der Waals surface area contributed by atoms with Gasteiger partial charge in [-0.05, 0) is 41.6 Å². The molecule has 0 fully saturated rings.